The molecule has 1 aromatic carbocycles. The van der Waals surface area contributed by atoms with E-state index >= 15 is 0 Å². The van der Waals surface area contributed by atoms with Crippen LogP contribution in [0.15, 0.2) is 53.7 Å². The third kappa shape index (κ3) is 4.15. The molecule has 1 aliphatic heterocycles. The number of amides is 1. The number of aromatic nitrogens is 1. The zero-order valence-electron chi connectivity index (χ0n) is 13.9. The summed E-state index contributed by atoms with van der Waals surface area (Å²) in [4.78, 5) is 20.4. The standard InChI is InChI=1S/C17H20N4O3S/c1-20-10-12-21(13-11-20)17(22)14-2-4-16(5-3-14)25(23,24)19-15-6-8-18-9-7-15/h2-9H,10-13H2,1H3,(H,18,19). The molecule has 0 spiro atoms. The lowest BCUT2D eigenvalue weighted by molar-refractivity contribution is 0.0664. The summed E-state index contributed by atoms with van der Waals surface area (Å²) in [6, 6.07) is 9.16. The molecule has 7 nitrogen and oxygen atoms in total. The lowest BCUT2D eigenvalue weighted by Gasteiger charge is -2.32. The predicted octanol–water partition coefficient (Wildman–Crippen LogP) is 1.27. The van der Waals surface area contributed by atoms with Crippen LogP contribution in [0, 0.1) is 0 Å². The van der Waals surface area contributed by atoms with Crippen LogP contribution in [0.2, 0.25) is 0 Å². The molecule has 1 amide bonds. The highest BCUT2D eigenvalue weighted by Gasteiger charge is 2.21. The molecule has 1 N–H and O–H groups in total. The zero-order chi connectivity index (χ0) is 17.9. The second-order valence-electron chi connectivity index (χ2n) is 5.96. The minimum atomic E-state index is -3.70. The largest absolute Gasteiger partial charge is 0.336 e. The molecule has 2 aromatic rings. The highest BCUT2D eigenvalue weighted by atomic mass is 32.2. The zero-order valence-corrected chi connectivity index (χ0v) is 14.7. The quantitative estimate of drug-likeness (QED) is 0.888. The molecule has 0 unspecified atom stereocenters. The number of piperazine rings is 1. The number of anilines is 1. The van der Waals surface area contributed by atoms with Gasteiger partial charge in [0.15, 0.2) is 0 Å². The fraction of sp³-hybridized carbons (Fsp3) is 0.294. The van der Waals surface area contributed by atoms with Crippen LogP contribution in [0.5, 0.6) is 0 Å². The van der Waals surface area contributed by atoms with Crippen molar-refractivity contribution in [2.75, 3.05) is 37.9 Å². The van der Waals surface area contributed by atoms with Crippen molar-refractivity contribution in [1.29, 1.82) is 0 Å². The highest BCUT2D eigenvalue weighted by Crippen LogP contribution is 2.17. The first-order valence-electron chi connectivity index (χ1n) is 7.96. The molecule has 3 rings (SSSR count). The van der Waals surface area contributed by atoms with Gasteiger partial charge < -0.3 is 9.80 Å². The molecule has 0 atom stereocenters. The second kappa shape index (κ2) is 7.20. The van der Waals surface area contributed by atoms with Gasteiger partial charge in [0, 0.05) is 44.1 Å². The lowest BCUT2D eigenvalue weighted by atomic mass is 10.2. The molecule has 1 fully saturated rings. The number of nitrogens with zero attached hydrogens (tertiary/aromatic N) is 3. The van der Waals surface area contributed by atoms with Crippen LogP contribution < -0.4 is 4.72 Å². The van der Waals surface area contributed by atoms with Crippen molar-refractivity contribution in [3.63, 3.8) is 0 Å². The van der Waals surface area contributed by atoms with Crippen molar-refractivity contribution in [2.45, 2.75) is 4.90 Å². The maximum atomic E-state index is 12.5. The molecule has 2 heterocycles. The Labute approximate surface area is 147 Å². The van der Waals surface area contributed by atoms with Gasteiger partial charge in [-0.25, -0.2) is 8.42 Å². The van der Waals surface area contributed by atoms with Gasteiger partial charge in [-0.2, -0.15) is 0 Å². The van der Waals surface area contributed by atoms with Gasteiger partial charge in [-0.3, -0.25) is 14.5 Å². The summed E-state index contributed by atoms with van der Waals surface area (Å²) in [5.41, 5.74) is 0.931. The Morgan fingerprint density at radius 2 is 1.60 bits per heavy atom. The lowest BCUT2D eigenvalue weighted by Crippen LogP contribution is -2.47. The Hall–Kier alpha value is -2.45. The first-order valence-corrected chi connectivity index (χ1v) is 9.45. The summed E-state index contributed by atoms with van der Waals surface area (Å²) in [6.45, 7) is 3.04. The molecule has 0 radical (unpaired) electrons. The Kier molecular flexibility index (Phi) is 5.00. The number of carbonyl (C=O) groups is 1. The van der Waals surface area contributed by atoms with E-state index in [2.05, 4.69) is 14.6 Å². The predicted molar refractivity (Wildman–Crippen MR) is 94.9 cm³/mol. The van der Waals surface area contributed by atoms with Crippen molar-refractivity contribution >= 4 is 21.6 Å². The number of carbonyl (C=O) groups excluding carboxylic acids is 1. The van der Waals surface area contributed by atoms with Crippen LogP contribution in [0.3, 0.4) is 0 Å². The molecule has 1 aromatic heterocycles. The van der Waals surface area contributed by atoms with Crippen LogP contribution in [0.1, 0.15) is 10.4 Å². The Balaban J connectivity index is 1.72. The van der Waals surface area contributed by atoms with E-state index < -0.39 is 10.0 Å². The van der Waals surface area contributed by atoms with E-state index in [0.29, 0.717) is 24.3 Å². The minimum Gasteiger partial charge on any atom is -0.336 e. The fourth-order valence-electron chi connectivity index (χ4n) is 2.60. The van der Waals surface area contributed by atoms with Gasteiger partial charge in [-0.15, -0.1) is 0 Å². The third-order valence-corrected chi connectivity index (χ3v) is 5.53. The Bertz CT molecular complexity index is 830. The molecule has 1 aliphatic rings. The summed E-state index contributed by atoms with van der Waals surface area (Å²) in [5.74, 6) is -0.0702. The molecular formula is C17H20N4O3S. The number of benzene rings is 1. The minimum absolute atomic E-state index is 0.0702. The fourth-order valence-corrected chi connectivity index (χ4v) is 3.66. The van der Waals surface area contributed by atoms with Crippen molar-refractivity contribution in [3.05, 3.63) is 54.4 Å². The normalized spacial score (nSPS) is 15.8. The average molecular weight is 360 g/mol. The van der Waals surface area contributed by atoms with E-state index in [-0.39, 0.29) is 10.8 Å². The first-order chi connectivity index (χ1) is 12.0. The van der Waals surface area contributed by atoms with E-state index in [1.54, 1.807) is 29.2 Å². The van der Waals surface area contributed by atoms with E-state index in [1.165, 1.54) is 24.5 Å². The van der Waals surface area contributed by atoms with Crippen molar-refractivity contribution in [1.82, 2.24) is 14.8 Å². The number of hydrogen-bond acceptors (Lipinski definition) is 5. The second-order valence-corrected chi connectivity index (χ2v) is 7.64. The van der Waals surface area contributed by atoms with Crippen molar-refractivity contribution in [2.24, 2.45) is 0 Å². The topological polar surface area (TPSA) is 82.6 Å². The number of rotatable bonds is 4. The van der Waals surface area contributed by atoms with Crippen molar-refractivity contribution < 1.29 is 13.2 Å². The molecule has 132 valence electrons. The molecule has 0 saturated carbocycles. The smallest absolute Gasteiger partial charge is 0.261 e. The summed E-state index contributed by atoms with van der Waals surface area (Å²) in [6.07, 6.45) is 3.02. The van der Waals surface area contributed by atoms with E-state index in [4.69, 9.17) is 0 Å². The van der Waals surface area contributed by atoms with Crippen LogP contribution >= 0.6 is 0 Å². The van der Waals surface area contributed by atoms with E-state index in [9.17, 15) is 13.2 Å². The van der Waals surface area contributed by atoms with Gasteiger partial charge in [0.25, 0.3) is 15.9 Å². The number of likely N-dealkylation sites (N-methyl/N-ethyl adjacent to an activating group) is 1. The van der Waals surface area contributed by atoms with Gasteiger partial charge in [0.05, 0.1) is 10.6 Å². The van der Waals surface area contributed by atoms with Gasteiger partial charge in [-0.1, -0.05) is 0 Å². The monoisotopic (exact) mass is 360 g/mol. The summed E-state index contributed by atoms with van der Waals surface area (Å²) in [7, 11) is -1.67. The van der Waals surface area contributed by atoms with Crippen LogP contribution in [0.25, 0.3) is 0 Å². The number of pyridine rings is 1. The van der Waals surface area contributed by atoms with Gasteiger partial charge >= 0.3 is 0 Å². The highest BCUT2D eigenvalue weighted by molar-refractivity contribution is 7.92. The Morgan fingerprint density at radius 3 is 2.20 bits per heavy atom. The molecule has 1 saturated heterocycles. The van der Waals surface area contributed by atoms with E-state index in [0.717, 1.165) is 13.1 Å². The number of hydrogen-bond donors (Lipinski definition) is 1. The molecule has 8 heteroatoms. The van der Waals surface area contributed by atoms with Crippen LogP contribution in [-0.4, -0.2) is 62.3 Å². The summed E-state index contributed by atoms with van der Waals surface area (Å²) < 4.78 is 27.3. The molecule has 25 heavy (non-hydrogen) atoms. The molecule has 0 aliphatic carbocycles. The Morgan fingerprint density at radius 1 is 1.00 bits per heavy atom. The van der Waals surface area contributed by atoms with Crippen LogP contribution in [0.4, 0.5) is 5.69 Å². The average Bonchev–Trinajstić information content (AvgIpc) is 2.62. The van der Waals surface area contributed by atoms with E-state index in [1.807, 2.05) is 7.05 Å². The maximum Gasteiger partial charge on any atom is 0.261 e. The van der Waals surface area contributed by atoms with Crippen molar-refractivity contribution in [3.8, 4) is 0 Å². The third-order valence-electron chi connectivity index (χ3n) is 4.13. The van der Waals surface area contributed by atoms with Crippen LogP contribution in [-0.2, 0) is 10.0 Å². The maximum absolute atomic E-state index is 12.5. The number of sulfonamides is 1. The van der Waals surface area contributed by atoms with Gasteiger partial charge in [0.1, 0.15) is 0 Å². The summed E-state index contributed by atoms with van der Waals surface area (Å²) in [5, 5.41) is 0. The van der Waals surface area contributed by atoms with Gasteiger partial charge in [-0.05, 0) is 43.4 Å². The first kappa shape index (κ1) is 17.4. The summed E-state index contributed by atoms with van der Waals surface area (Å²) >= 11 is 0. The number of nitrogens with one attached hydrogen (secondary N) is 1. The molecule has 0 bridgehead atoms. The SMILES string of the molecule is CN1CCN(C(=O)c2ccc(S(=O)(=O)Nc3ccncc3)cc2)CC1. The van der Waals surface area contributed by atoms with Gasteiger partial charge in [0.2, 0.25) is 0 Å². The molecular weight excluding hydrogens is 340 g/mol.